The molecule has 3 heterocycles. The Bertz CT molecular complexity index is 740. The molecule has 1 N–H and O–H groups in total. The van der Waals surface area contributed by atoms with E-state index < -0.39 is 0 Å². The molecule has 2 aliphatic rings. The smallest absolute Gasteiger partial charge is 0.263 e. The summed E-state index contributed by atoms with van der Waals surface area (Å²) < 4.78 is 5.79. The van der Waals surface area contributed by atoms with E-state index in [1.807, 2.05) is 18.2 Å². The Balaban J connectivity index is 1.28. The van der Waals surface area contributed by atoms with E-state index >= 15 is 0 Å². The lowest BCUT2D eigenvalue weighted by molar-refractivity contribution is 0.0943. The van der Waals surface area contributed by atoms with Crippen LogP contribution >= 0.6 is 11.3 Å². The summed E-state index contributed by atoms with van der Waals surface area (Å²) in [6.07, 6.45) is 5.19. The number of benzene rings is 1. The van der Waals surface area contributed by atoms with Gasteiger partial charge in [-0.15, -0.1) is 11.3 Å². The van der Waals surface area contributed by atoms with Gasteiger partial charge in [0.1, 0.15) is 15.6 Å². The van der Waals surface area contributed by atoms with E-state index in [-0.39, 0.29) is 5.91 Å². The maximum Gasteiger partial charge on any atom is 0.263 e. The minimum absolute atomic E-state index is 0.0240. The zero-order valence-electron chi connectivity index (χ0n) is 14.2. The fraction of sp³-hybridized carbons (Fsp3) is 0.474. The molecule has 5 nitrogen and oxygen atoms in total. The molecule has 0 spiro atoms. The van der Waals surface area contributed by atoms with Crippen LogP contribution in [0.3, 0.4) is 0 Å². The third-order valence-corrected chi connectivity index (χ3v) is 5.82. The summed E-state index contributed by atoms with van der Waals surface area (Å²) in [5, 5.41) is 4.07. The van der Waals surface area contributed by atoms with Gasteiger partial charge in [0.15, 0.2) is 0 Å². The molecule has 0 saturated carbocycles. The first-order valence-electron chi connectivity index (χ1n) is 8.94. The highest BCUT2D eigenvalue weighted by molar-refractivity contribution is 7.13. The molecule has 1 amide bonds. The van der Waals surface area contributed by atoms with E-state index in [2.05, 4.69) is 21.3 Å². The lowest BCUT2D eigenvalue weighted by Gasteiger charge is -2.25. The Labute approximate surface area is 152 Å². The van der Waals surface area contributed by atoms with Gasteiger partial charge in [-0.25, -0.2) is 4.98 Å². The molecule has 0 radical (unpaired) electrons. The van der Waals surface area contributed by atoms with Crippen molar-refractivity contribution >= 4 is 17.2 Å². The molecule has 1 saturated heterocycles. The molecule has 1 fully saturated rings. The molecule has 1 aromatic carbocycles. The molecule has 2 aromatic rings. The molecule has 2 aliphatic heterocycles. The number of hydrogen-bond donors (Lipinski definition) is 1. The number of carbonyl (C=O) groups excluding carboxylic acids is 1. The lowest BCUT2D eigenvalue weighted by atomic mass is 9.97. The number of para-hydroxylation sites is 1. The fourth-order valence-electron chi connectivity index (χ4n) is 3.47. The number of fused-ring (bicyclic) bond motifs is 1. The van der Waals surface area contributed by atoms with E-state index in [1.165, 1.54) is 29.7 Å². The second-order valence-corrected chi connectivity index (χ2v) is 7.92. The number of likely N-dealkylation sites (tertiary alicyclic amines) is 1. The maximum absolute atomic E-state index is 12.4. The summed E-state index contributed by atoms with van der Waals surface area (Å²) in [6, 6.07) is 8.12. The standard InChI is InChI=1S/C19H23N3O2S/c23-19(17-11-20-18(25-17)12-22-7-3-4-8-22)21-10-14-9-15-5-1-2-6-16(15)24-13-14/h1-2,5-6,11,14H,3-4,7-10,12-13H2,(H,21,23). The molecular weight excluding hydrogens is 334 g/mol. The van der Waals surface area contributed by atoms with Crippen molar-refractivity contribution in [2.75, 3.05) is 26.2 Å². The summed E-state index contributed by atoms with van der Waals surface area (Å²) in [5.74, 6) is 1.26. The van der Waals surface area contributed by atoms with Crippen molar-refractivity contribution in [1.29, 1.82) is 0 Å². The van der Waals surface area contributed by atoms with E-state index in [9.17, 15) is 4.79 Å². The number of nitrogens with one attached hydrogen (secondary N) is 1. The van der Waals surface area contributed by atoms with Crippen LogP contribution in [0.25, 0.3) is 0 Å². The number of nitrogens with zero attached hydrogens (tertiary/aromatic N) is 2. The van der Waals surface area contributed by atoms with Crippen LogP contribution in [-0.4, -0.2) is 42.0 Å². The third kappa shape index (κ3) is 4.02. The number of amides is 1. The van der Waals surface area contributed by atoms with Crippen LogP contribution in [-0.2, 0) is 13.0 Å². The second kappa shape index (κ2) is 7.54. The first-order chi connectivity index (χ1) is 12.3. The van der Waals surface area contributed by atoms with Crippen molar-refractivity contribution < 1.29 is 9.53 Å². The molecule has 1 atom stereocenters. The van der Waals surface area contributed by atoms with Crippen LogP contribution in [0, 0.1) is 5.92 Å². The minimum atomic E-state index is -0.0240. The average molecular weight is 357 g/mol. The van der Waals surface area contributed by atoms with Crippen molar-refractivity contribution in [2.45, 2.75) is 25.8 Å². The van der Waals surface area contributed by atoms with E-state index in [1.54, 1.807) is 6.20 Å². The van der Waals surface area contributed by atoms with Crippen molar-refractivity contribution in [3.63, 3.8) is 0 Å². The van der Waals surface area contributed by atoms with E-state index in [4.69, 9.17) is 4.74 Å². The second-order valence-electron chi connectivity index (χ2n) is 6.80. The predicted octanol–water partition coefficient (Wildman–Crippen LogP) is 2.72. The molecule has 1 aromatic heterocycles. The lowest BCUT2D eigenvalue weighted by Crippen LogP contribution is -2.34. The molecular formula is C19H23N3O2S. The van der Waals surface area contributed by atoms with Gasteiger partial charge in [-0.1, -0.05) is 18.2 Å². The predicted molar refractivity (Wildman–Crippen MR) is 98.1 cm³/mol. The Kier molecular flexibility index (Phi) is 4.99. The number of ether oxygens (including phenoxy) is 1. The summed E-state index contributed by atoms with van der Waals surface area (Å²) in [7, 11) is 0. The monoisotopic (exact) mass is 357 g/mol. The number of aromatic nitrogens is 1. The maximum atomic E-state index is 12.4. The minimum Gasteiger partial charge on any atom is -0.493 e. The SMILES string of the molecule is O=C(NCC1COc2ccccc2C1)c1cnc(CN2CCCC2)s1. The van der Waals surface area contributed by atoms with Crippen LogP contribution in [0.5, 0.6) is 5.75 Å². The molecule has 1 unspecified atom stereocenters. The topological polar surface area (TPSA) is 54.5 Å². The fourth-order valence-corrected chi connectivity index (χ4v) is 4.34. The van der Waals surface area contributed by atoms with Gasteiger partial charge in [0.25, 0.3) is 5.91 Å². The summed E-state index contributed by atoms with van der Waals surface area (Å²) in [4.78, 5) is 19.9. The Morgan fingerprint density at radius 1 is 1.32 bits per heavy atom. The van der Waals surface area contributed by atoms with Crippen LogP contribution in [0.2, 0.25) is 0 Å². The van der Waals surface area contributed by atoms with Crippen molar-refractivity contribution in [3.05, 3.63) is 45.9 Å². The van der Waals surface area contributed by atoms with Crippen LogP contribution in [0.15, 0.2) is 30.5 Å². The molecule has 132 valence electrons. The highest BCUT2D eigenvalue weighted by Gasteiger charge is 2.21. The van der Waals surface area contributed by atoms with Gasteiger partial charge < -0.3 is 10.1 Å². The Hall–Kier alpha value is -1.92. The number of thiazole rings is 1. The van der Waals surface area contributed by atoms with Gasteiger partial charge in [0.2, 0.25) is 0 Å². The van der Waals surface area contributed by atoms with E-state index in [0.29, 0.717) is 23.9 Å². The van der Waals surface area contributed by atoms with Gasteiger partial charge in [-0.3, -0.25) is 9.69 Å². The molecule has 4 rings (SSSR count). The van der Waals surface area contributed by atoms with Crippen molar-refractivity contribution in [1.82, 2.24) is 15.2 Å². The third-order valence-electron chi connectivity index (χ3n) is 4.84. The van der Waals surface area contributed by atoms with Crippen LogP contribution < -0.4 is 10.1 Å². The molecule has 6 heteroatoms. The normalized spacial score (nSPS) is 20.1. The molecule has 25 heavy (non-hydrogen) atoms. The largest absolute Gasteiger partial charge is 0.493 e. The number of rotatable bonds is 5. The summed E-state index contributed by atoms with van der Waals surface area (Å²) >= 11 is 1.51. The van der Waals surface area contributed by atoms with Gasteiger partial charge >= 0.3 is 0 Å². The first kappa shape index (κ1) is 16.5. The van der Waals surface area contributed by atoms with Gasteiger partial charge in [-0.05, 0) is 44.0 Å². The quantitative estimate of drug-likeness (QED) is 0.894. The zero-order valence-corrected chi connectivity index (χ0v) is 15.1. The summed E-state index contributed by atoms with van der Waals surface area (Å²) in [5.41, 5.74) is 1.22. The van der Waals surface area contributed by atoms with E-state index in [0.717, 1.165) is 36.8 Å². The average Bonchev–Trinajstić information content (AvgIpc) is 3.32. The molecule has 0 aliphatic carbocycles. The number of carbonyl (C=O) groups is 1. The Morgan fingerprint density at radius 3 is 3.04 bits per heavy atom. The zero-order chi connectivity index (χ0) is 17.1. The van der Waals surface area contributed by atoms with Crippen LogP contribution in [0.1, 0.15) is 33.1 Å². The first-order valence-corrected chi connectivity index (χ1v) is 9.75. The highest BCUT2D eigenvalue weighted by Crippen LogP contribution is 2.26. The van der Waals surface area contributed by atoms with Crippen LogP contribution in [0.4, 0.5) is 0 Å². The van der Waals surface area contributed by atoms with Gasteiger partial charge in [0.05, 0.1) is 19.3 Å². The van der Waals surface area contributed by atoms with Gasteiger partial charge in [-0.2, -0.15) is 0 Å². The number of hydrogen-bond acceptors (Lipinski definition) is 5. The van der Waals surface area contributed by atoms with Crippen molar-refractivity contribution in [2.24, 2.45) is 5.92 Å². The van der Waals surface area contributed by atoms with Crippen molar-refractivity contribution in [3.8, 4) is 5.75 Å². The Morgan fingerprint density at radius 2 is 2.16 bits per heavy atom. The molecule has 0 bridgehead atoms. The highest BCUT2D eigenvalue weighted by atomic mass is 32.1. The summed E-state index contributed by atoms with van der Waals surface area (Å²) in [6.45, 7) is 4.44. The van der Waals surface area contributed by atoms with Gasteiger partial charge in [0, 0.05) is 12.5 Å².